The van der Waals surface area contributed by atoms with E-state index in [2.05, 4.69) is 25.9 Å². The minimum absolute atomic E-state index is 0.730. The number of methoxy groups -OCH3 is 1. The van der Waals surface area contributed by atoms with E-state index in [1.807, 2.05) is 18.2 Å². The highest BCUT2D eigenvalue weighted by molar-refractivity contribution is 9.10. The van der Waals surface area contributed by atoms with Crippen molar-refractivity contribution in [3.8, 4) is 5.75 Å². The molecule has 0 bridgehead atoms. The van der Waals surface area contributed by atoms with Gasteiger partial charge in [0.15, 0.2) is 0 Å². The third kappa shape index (κ3) is 1.49. The summed E-state index contributed by atoms with van der Waals surface area (Å²) in [5.41, 5.74) is 1.61. The zero-order valence-electron chi connectivity index (χ0n) is 6.99. The van der Waals surface area contributed by atoms with Crippen LogP contribution < -0.4 is 4.74 Å². The first-order valence-corrected chi connectivity index (χ1v) is 4.56. The maximum absolute atomic E-state index is 5.15. The van der Waals surface area contributed by atoms with Gasteiger partial charge in [0, 0.05) is 0 Å². The second-order valence-corrected chi connectivity index (χ2v) is 3.33. The lowest BCUT2D eigenvalue weighted by atomic mass is 10.3. The normalized spacial score (nSPS) is 10.3. The van der Waals surface area contributed by atoms with Crippen molar-refractivity contribution < 1.29 is 4.74 Å². The Morgan fingerprint density at radius 3 is 3.00 bits per heavy atom. The average Bonchev–Trinajstić information content (AvgIpc) is 2.16. The van der Waals surface area contributed by atoms with E-state index in [9.17, 15) is 0 Å². The van der Waals surface area contributed by atoms with Gasteiger partial charge in [-0.3, -0.25) is 0 Å². The Hall–Kier alpha value is -1.16. The van der Waals surface area contributed by atoms with Crippen LogP contribution >= 0.6 is 15.9 Å². The Morgan fingerprint density at radius 2 is 2.23 bits per heavy atom. The monoisotopic (exact) mass is 238 g/mol. The van der Waals surface area contributed by atoms with Crippen LogP contribution in [0.1, 0.15) is 0 Å². The maximum atomic E-state index is 5.15. The van der Waals surface area contributed by atoms with Gasteiger partial charge in [0.05, 0.1) is 18.8 Å². The first-order valence-electron chi connectivity index (χ1n) is 3.76. The SMILES string of the molecule is COc1cccc2nc(Br)cnc12. The Labute approximate surface area is 83.9 Å². The molecule has 0 saturated carbocycles. The van der Waals surface area contributed by atoms with E-state index in [0.29, 0.717) is 0 Å². The minimum atomic E-state index is 0.730. The summed E-state index contributed by atoms with van der Waals surface area (Å²) in [6.45, 7) is 0. The molecule has 13 heavy (non-hydrogen) atoms. The van der Waals surface area contributed by atoms with Crippen LogP contribution in [0.3, 0.4) is 0 Å². The summed E-state index contributed by atoms with van der Waals surface area (Å²) in [5.74, 6) is 0.748. The molecule has 0 aliphatic carbocycles. The molecule has 0 amide bonds. The van der Waals surface area contributed by atoms with Crippen molar-refractivity contribution in [1.82, 2.24) is 9.97 Å². The molecule has 0 saturated heterocycles. The number of aromatic nitrogens is 2. The average molecular weight is 239 g/mol. The smallest absolute Gasteiger partial charge is 0.146 e. The van der Waals surface area contributed by atoms with Crippen LogP contribution in [-0.4, -0.2) is 17.1 Å². The van der Waals surface area contributed by atoms with Crippen molar-refractivity contribution in [2.24, 2.45) is 0 Å². The number of hydrogen-bond acceptors (Lipinski definition) is 3. The first kappa shape index (κ1) is 8.44. The summed E-state index contributed by atoms with van der Waals surface area (Å²) in [7, 11) is 1.62. The van der Waals surface area contributed by atoms with Crippen LogP contribution in [0.15, 0.2) is 29.0 Å². The lowest BCUT2D eigenvalue weighted by Crippen LogP contribution is -1.89. The largest absolute Gasteiger partial charge is 0.494 e. The fraction of sp³-hybridized carbons (Fsp3) is 0.111. The Balaban J connectivity index is 2.77. The van der Waals surface area contributed by atoms with E-state index >= 15 is 0 Å². The van der Waals surface area contributed by atoms with Crippen LogP contribution in [0.4, 0.5) is 0 Å². The Bertz CT molecular complexity index is 445. The van der Waals surface area contributed by atoms with E-state index in [1.165, 1.54) is 0 Å². The maximum Gasteiger partial charge on any atom is 0.146 e. The number of para-hydroxylation sites is 1. The molecule has 1 heterocycles. The molecule has 1 aromatic heterocycles. The van der Waals surface area contributed by atoms with Crippen molar-refractivity contribution in [3.63, 3.8) is 0 Å². The number of ether oxygens (including phenoxy) is 1. The molecule has 0 radical (unpaired) electrons. The van der Waals surface area contributed by atoms with Crippen molar-refractivity contribution >= 4 is 27.0 Å². The van der Waals surface area contributed by atoms with Crippen molar-refractivity contribution in [3.05, 3.63) is 29.0 Å². The van der Waals surface area contributed by atoms with Gasteiger partial charge in [-0.05, 0) is 28.1 Å². The molecule has 0 spiro atoms. The molecule has 0 fully saturated rings. The highest BCUT2D eigenvalue weighted by Crippen LogP contribution is 2.22. The fourth-order valence-corrected chi connectivity index (χ4v) is 1.45. The highest BCUT2D eigenvalue weighted by atomic mass is 79.9. The molecule has 0 aliphatic rings. The quantitative estimate of drug-likeness (QED) is 0.766. The van der Waals surface area contributed by atoms with Gasteiger partial charge in [0.2, 0.25) is 0 Å². The van der Waals surface area contributed by atoms with Gasteiger partial charge in [-0.25, -0.2) is 9.97 Å². The molecule has 2 aromatic rings. The molecule has 0 atom stereocenters. The zero-order chi connectivity index (χ0) is 9.26. The number of nitrogens with zero attached hydrogens (tertiary/aromatic N) is 2. The number of benzene rings is 1. The van der Waals surface area contributed by atoms with Crippen molar-refractivity contribution in [2.45, 2.75) is 0 Å². The van der Waals surface area contributed by atoms with Crippen LogP contribution in [0, 0.1) is 0 Å². The topological polar surface area (TPSA) is 35.0 Å². The van der Waals surface area contributed by atoms with Crippen LogP contribution in [-0.2, 0) is 0 Å². The van der Waals surface area contributed by atoms with E-state index in [4.69, 9.17) is 4.74 Å². The van der Waals surface area contributed by atoms with Gasteiger partial charge in [-0.1, -0.05) is 6.07 Å². The number of halogens is 1. The second-order valence-electron chi connectivity index (χ2n) is 2.52. The van der Waals surface area contributed by atoms with Gasteiger partial charge in [-0.2, -0.15) is 0 Å². The van der Waals surface area contributed by atoms with E-state index in [0.717, 1.165) is 21.4 Å². The lowest BCUT2D eigenvalue weighted by Gasteiger charge is -2.02. The van der Waals surface area contributed by atoms with Crippen LogP contribution in [0.2, 0.25) is 0 Å². The minimum Gasteiger partial charge on any atom is -0.494 e. The molecule has 4 heteroatoms. The van der Waals surface area contributed by atoms with E-state index in [-0.39, 0.29) is 0 Å². The fourth-order valence-electron chi connectivity index (χ4n) is 1.16. The summed E-state index contributed by atoms with van der Waals surface area (Å²) >= 11 is 3.26. The lowest BCUT2D eigenvalue weighted by molar-refractivity contribution is 0.419. The predicted molar refractivity (Wildman–Crippen MR) is 53.8 cm³/mol. The first-order chi connectivity index (χ1) is 6.31. The van der Waals surface area contributed by atoms with Crippen molar-refractivity contribution in [2.75, 3.05) is 7.11 Å². The number of hydrogen-bond donors (Lipinski definition) is 0. The summed E-state index contributed by atoms with van der Waals surface area (Å²) in [4.78, 5) is 8.48. The molecule has 3 nitrogen and oxygen atoms in total. The molecular formula is C9H7BrN2O. The summed E-state index contributed by atoms with van der Waals surface area (Å²) in [6.07, 6.45) is 1.66. The standard InChI is InChI=1S/C9H7BrN2O/c1-13-7-4-2-3-6-9(7)11-5-8(10)12-6/h2-5H,1H3. The van der Waals surface area contributed by atoms with E-state index < -0.39 is 0 Å². The van der Waals surface area contributed by atoms with Gasteiger partial charge < -0.3 is 4.74 Å². The van der Waals surface area contributed by atoms with Crippen LogP contribution in [0.25, 0.3) is 11.0 Å². The predicted octanol–water partition coefficient (Wildman–Crippen LogP) is 2.40. The number of rotatable bonds is 1. The Kier molecular flexibility index (Phi) is 2.14. The third-order valence-electron chi connectivity index (χ3n) is 1.73. The van der Waals surface area contributed by atoms with Gasteiger partial charge in [0.25, 0.3) is 0 Å². The number of fused-ring (bicyclic) bond motifs is 1. The molecule has 2 rings (SSSR count). The Morgan fingerprint density at radius 1 is 1.38 bits per heavy atom. The molecule has 0 unspecified atom stereocenters. The van der Waals surface area contributed by atoms with Crippen LogP contribution in [0.5, 0.6) is 5.75 Å². The summed E-state index contributed by atoms with van der Waals surface area (Å²) in [6, 6.07) is 5.66. The van der Waals surface area contributed by atoms with Gasteiger partial charge in [-0.15, -0.1) is 0 Å². The summed E-state index contributed by atoms with van der Waals surface area (Å²) < 4.78 is 5.88. The summed E-state index contributed by atoms with van der Waals surface area (Å²) in [5, 5.41) is 0. The van der Waals surface area contributed by atoms with Gasteiger partial charge >= 0.3 is 0 Å². The molecule has 0 N–H and O–H groups in total. The van der Waals surface area contributed by atoms with Crippen molar-refractivity contribution in [1.29, 1.82) is 0 Å². The van der Waals surface area contributed by atoms with E-state index in [1.54, 1.807) is 13.3 Å². The molecule has 66 valence electrons. The molecule has 0 aliphatic heterocycles. The third-order valence-corrected chi connectivity index (χ3v) is 2.11. The molecule has 1 aromatic carbocycles. The molecular weight excluding hydrogens is 232 g/mol. The highest BCUT2D eigenvalue weighted by Gasteiger charge is 2.02. The second kappa shape index (κ2) is 3.30. The zero-order valence-corrected chi connectivity index (χ0v) is 8.58. The van der Waals surface area contributed by atoms with Gasteiger partial charge in [0.1, 0.15) is 15.9 Å².